The van der Waals surface area contributed by atoms with E-state index in [-0.39, 0.29) is 17.9 Å². The molecule has 8 heteroatoms. The largest absolute Gasteiger partial charge is 0.418 e. The molecular weight excluding hydrogens is 321 g/mol. The van der Waals surface area contributed by atoms with Crippen LogP contribution in [0.3, 0.4) is 0 Å². The van der Waals surface area contributed by atoms with Gasteiger partial charge in [0, 0.05) is 13.6 Å². The Morgan fingerprint density at radius 1 is 1.12 bits per heavy atom. The monoisotopic (exact) mass is 338 g/mol. The molecule has 0 unspecified atom stereocenters. The van der Waals surface area contributed by atoms with Gasteiger partial charge in [-0.1, -0.05) is 36.4 Å². The molecule has 128 valence electrons. The number of anilines is 2. The summed E-state index contributed by atoms with van der Waals surface area (Å²) in [5.41, 5.74) is 1.73. The van der Waals surface area contributed by atoms with Gasteiger partial charge in [0.2, 0.25) is 0 Å². The molecule has 2 amide bonds. The summed E-state index contributed by atoms with van der Waals surface area (Å²) in [4.78, 5) is 12.9. The summed E-state index contributed by atoms with van der Waals surface area (Å²) in [7, 11) is 1.53. The molecular formula is C16H17F3N4O. The van der Waals surface area contributed by atoms with Crippen LogP contribution in [0.15, 0.2) is 48.5 Å². The zero-order valence-corrected chi connectivity index (χ0v) is 12.9. The fourth-order valence-electron chi connectivity index (χ4n) is 2.38. The number of rotatable bonds is 4. The molecule has 5 nitrogen and oxygen atoms in total. The van der Waals surface area contributed by atoms with Crippen molar-refractivity contribution >= 4 is 17.4 Å². The van der Waals surface area contributed by atoms with Crippen LogP contribution >= 0.6 is 0 Å². The van der Waals surface area contributed by atoms with Crippen molar-refractivity contribution in [2.75, 3.05) is 17.3 Å². The lowest BCUT2D eigenvalue weighted by Gasteiger charge is -2.26. The fourth-order valence-corrected chi connectivity index (χ4v) is 2.38. The van der Waals surface area contributed by atoms with E-state index in [9.17, 15) is 18.0 Å². The van der Waals surface area contributed by atoms with Gasteiger partial charge >= 0.3 is 12.2 Å². The summed E-state index contributed by atoms with van der Waals surface area (Å²) in [5.74, 6) is 5.00. The molecule has 0 saturated heterocycles. The Kier molecular flexibility index (Phi) is 5.30. The Bertz CT molecular complexity index is 704. The average molecular weight is 338 g/mol. The number of alkyl halides is 3. The zero-order chi connectivity index (χ0) is 17.7. The number of hydrazine groups is 1. The summed E-state index contributed by atoms with van der Waals surface area (Å²) in [6.07, 6.45) is -4.56. The minimum absolute atomic E-state index is 0.0196. The first-order valence-corrected chi connectivity index (χ1v) is 7.06. The topological polar surface area (TPSA) is 70.4 Å². The first-order valence-electron chi connectivity index (χ1n) is 7.06. The van der Waals surface area contributed by atoms with E-state index in [0.717, 1.165) is 11.6 Å². The number of carbonyl (C=O) groups excluding carboxylic acids is 1. The van der Waals surface area contributed by atoms with Crippen molar-refractivity contribution in [3.8, 4) is 0 Å². The molecule has 2 aromatic carbocycles. The standard InChI is InChI=1S/C16H17F3N4O/c1-23(10-11-6-3-2-4-7-11)14-12(16(17,18)19)8-5-9-13(14)21-15(24)22-20/h2-9H,10,20H2,1H3,(H2,21,22,24). The molecule has 0 aromatic heterocycles. The molecule has 2 rings (SSSR count). The summed E-state index contributed by atoms with van der Waals surface area (Å²) in [5, 5.41) is 2.32. The van der Waals surface area contributed by atoms with Crippen LogP contribution in [0.2, 0.25) is 0 Å². The van der Waals surface area contributed by atoms with Crippen molar-refractivity contribution in [3.63, 3.8) is 0 Å². The molecule has 2 aromatic rings. The summed E-state index contributed by atoms with van der Waals surface area (Å²) in [6.45, 7) is 0.243. The highest BCUT2D eigenvalue weighted by Crippen LogP contribution is 2.40. The highest BCUT2D eigenvalue weighted by atomic mass is 19.4. The van der Waals surface area contributed by atoms with Crippen LogP contribution < -0.4 is 21.5 Å². The SMILES string of the molecule is CN(Cc1ccccc1)c1c(NC(=O)NN)cccc1C(F)(F)F. The molecule has 24 heavy (non-hydrogen) atoms. The van der Waals surface area contributed by atoms with E-state index in [1.54, 1.807) is 12.1 Å². The van der Waals surface area contributed by atoms with Crippen LogP contribution in [0, 0.1) is 0 Å². The van der Waals surface area contributed by atoms with Crippen LogP contribution in [-0.4, -0.2) is 13.1 Å². The number of nitrogens with zero attached hydrogens (tertiary/aromatic N) is 1. The summed E-state index contributed by atoms with van der Waals surface area (Å²) in [6, 6.07) is 11.9. The third-order valence-electron chi connectivity index (χ3n) is 3.37. The van der Waals surface area contributed by atoms with E-state index in [2.05, 4.69) is 5.32 Å². The molecule has 0 saturated carbocycles. The van der Waals surface area contributed by atoms with Crippen LogP contribution in [0.5, 0.6) is 0 Å². The third-order valence-corrected chi connectivity index (χ3v) is 3.37. The Hall–Kier alpha value is -2.74. The van der Waals surface area contributed by atoms with Crippen molar-refractivity contribution in [2.24, 2.45) is 5.84 Å². The van der Waals surface area contributed by atoms with E-state index < -0.39 is 17.8 Å². The number of urea groups is 1. The number of nitrogens with two attached hydrogens (primary N) is 1. The van der Waals surface area contributed by atoms with Crippen molar-refractivity contribution in [2.45, 2.75) is 12.7 Å². The highest BCUT2D eigenvalue weighted by Gasteiger charge is 2.35. The van der Waals surface area contributed by atoms with E-state index in [0.29, 0.717) is 0 Å². The van der Waals surface area contributed by atoms with Crippen molar-refractivity contribution in [1.82, 2.24) is 5.43 Å². The molecule has 0 atom stereocenters. The molecule has 0 radical (unpaired) electrons. The normalized spacial score (nSPS) is 11.0. The van der Waals surface area contributed by atoms with Crippen LogP contribution in [0.4, 0.5) is 29.3 Å². The maximum atomic E-state index is 13.4. The van der Waals surface area contributed by atoms with Crippen LogP contribution in [-0.2, 0) is 12.7 Å². The minimum atomic E-state index is -4.56. The van der Waals surface area contributed by atoms with Gasteiger partial charge in [0.25, 0.3) is 0 Å². The van der Waals surface area contributed by atoms with Gasteiger partial charge in [-0.3, -0.25) is 5.43 Å². The number of halogens is 3. The number of nitrogens with one attached hydrogen (secondary N) is 2. The predicted octanol–water partition coefficient (Wildman–Crippen LogP) is 3.34. The lowest BCUT2D eigenvalue weighted by Crippen LogP contribution is -2.35. The maximum Gasteiger partial charge on any atom is 0.418 e. The summed E-state index contributed by atoms with van der Waals surface area (Å²) >= 11 is 0. The van der Waals surface area contributed by atoms with E-state index >= 15 is 0 Å². The van der Waals surface area contributed by atoms with E-state index in [4.69, 9.17) is 5.84 Å². The number of benzene rings is 2. The molecule has 0 aliphatic carbocycles. The van der Waals surface area contributed by atoms with Crippen LogP contribution in [0.1, 0.15) is 11.1 Å². The van der Waals surface area contributed by atoms with E-state index in [1.807, 2.05) is 23.6 Å². The second-order valence-corrected chi connectivity index (χ2v) is 5.14. The number of carbonyl (C=O) groups is 1. The number of hydrogen-bond donors (Lipinski definition) is 3. The molecule has 4 N–H and O–H groups in total. The molecule has 0 fully saturated rings. The number of para-hydroxylation sites is 1. The third kappa shape index (κ3) is 4.17. The van der Waals surface area contributed by atoms with Crippen molar-refractivity contribution in [1.29, 1.82) is 0 Å². The average Bonchev–Trinajstić information content (AvgIpc) is 2.54. The minimum Gasteiger partial charge on any atom is -0.368 e. The number of amides is 2. The zero-order valence-electron chi connectivity index (χ0n) is 12.9. The second kappa shape index (κ2) is 7.22. The number of hydrogen-bond acceptors (Lipinski definition) is 3. The van der Waals surface area contributed by atoms with E-state index in [1.165, 1.54) is 24.1 Å². The van der Waals surface area contributed by atoms with Crippen molar-refractivity contribution in [3.05, 3.63) is 59.7 Å². The Morgan fingerprint density at radius 3 is 2.38 bits per heavy atom. The summed E-state index contributed by atoms with van der Waals surface area (Å²) < 4.78 is 40.1. The van der Waals surface area contributed by atoms with Gasteiger partial charge in [-0.25, -0.2) is 10.6 Å². The van der Waals surface area contributed by atoms with Gasteiger partial charge < -0.3 is 10.2 Å². The van der Waals surface area contributed by atoms with Gasteiger partial charge in [0.05, 0.1) is 16.9 Å². The first-order chi connectivity index (χ1) is 11.3. The fraction of sp³-hybridized carbons (Fsp3) is 0.188. The van der Waals surface area contributed by atoms with Gasteiger partial charge in [-0.2, -0.15) is 13.2 Å². The Labute approximate surface area is 137 Å². The maximum absolute atomic E-state index is 13.4. The predicted molar refractivity (Wildman–Crippen MR) is 86.3 cm³/mol. The highest BCUT2D eigenvalue weighted by molar-refractivity contribution is 5.93. The lowest BCUT2D eigenvalue weighted by molar-refractivity contribution is -0.137. The smallest absolute Gasteiger partial charge is 0.368 e. The Balaban J connectivity index is 2.45. The van der Waals surface area contributed by atoms with Crippen molar-refractivity contribution < 1.29 is 18.0 Å². The van der Waals surface area contributed by atoms with Gasteiger partial charge in [-0.05, 0) is 17.7 Å². The molecule has 0 heterocycles. The quantitative estimate of drug-likeness (QED) is 0.455. The molecule has 0 spiro atoms. The first kappa shape index (κ1) is 17.6. The molecule has 0 aliphatic heterocycles. The second-order valence-electron chi connectivity index (χ2n) is 5.14. The van der Waals surface area contributed by atoms with Gasteiger partial charge in [-0.15, -0.1) is 0 Å². The molecule has 0 aliphatic rings. The van der Waals surface area contributed by atoms with Gasteiger partial charge in [0.1, 0.15) is 0 Å². The van der Waals surface area contributed by atoms with Gasteiger partial charge in [0.15, 0.2) is 0 Å². The lowest BCUT2D eigenvalue weighted by atomic mass is 10.1. The Morgan fingerprint density at radius 2 is 1.79 bits per heavy atom. The van der Waals surface area contributed by atoms with Crippen LogP contribution in [0.25, 0.3) is 0 Å². The molecule has 0 bridgehead atoms.